The molecule has 3 rings (SSSR count). The van der Waals surface area contributed by atoms with E-state index < -0.39 is 8.07 Å². The van der Waals surface area contributed by atoms with Crippen LogP contribution in [0.2, 0.25) is 31.0 Å². The van der Waals surface area contributed by atoms with E-state index in [1.165, 1.54) is 0 Å². The molecule has 2 aromatic heterocycles. The van der Waals surface area contributed by atoms with Crippen molar-refractivity contribution in [1.29, 1.82) is 5.26 Å². The molecule has 1 N–H and O–H groups in total. The number of rotatable bonds is 7. The largest absolute Gasteiger partial charge is 0.379 e. The summed E-state index contributed by atoms with van der Waals surface area (Å²) in [7, 11) is -1.14. The maximum atomic E-state index is 9.54. The smallest absolute Gasteiger partial charge is 0.226 e. The highest BCUT2D eigenvalue weighted by atomic mass is 35.5. The van der Waals surface area contributed by atoms with Gasteiger partial charge < -0.3 is 19.4 Å². The molecular formula is C17H24ClN5O2Si. The zero-order valence-electron chi connectivity index (χ0n) is 15.4. The minimum absolute atomic E-state index is 0.143. The Morgan fingerprint density at radius 2 is 2.27 bits per heavy atom. The van der Waals surface area contributed by atoms with Crippen LogP contribution in [-0.2, 0) is 16.2 Å². The van der Waals surface area contributed by atoms with E-state index in [0.29, 0.717) is 42.4 Å². The van der Waals surface area contributed by atoms with Gasteiger partial charge in [-0.25, -0.2) is 0 Å². The number of hydrogen-bond acceptors (Lipinski definition) is 6. The first kappa shape index (κ1) is 19.1. The molecule has 9 heteroatoms. The highest BCUT2D eigenvalue weighted by Gasteiger charge is 2.21. The number of halogens is 1. The van der Waals surface area contributed by atoms with Crippen molar-refractivity contribution >= 4 is 36.5 Å². The summed E-state index contributed by atoms with van der Waals surface area (Å²) < 4.78 is 13.0. The van der Waals surface area contributed by atoms with Crippen LogP contribution in [0.15, 0.2) is 6.20 Å². The number of nitrogens with one attached hydrogen (secondary N) is 1. The average Bonchev–Trinajstić information content (AvgIpc) is 3.18. The van der Waals surface area contributed by atoms with E-state index in [1.807, 2.05) is 4.57 Å². The van der Waals surface area contributed by atoms with Crippen LogP contribution in [0.5, 0.6) is 0 Å². The quantitative estimate of drug-likeness (QED) is 0.440. The molecule has 1 fully saturated rings. The number of anilines is 1. The maximum absolute atomic E-state index is 9.54. The lowest BCUT2D eigenvalue weighted by molar-refractivity contribution is 0.0898. The molecule has 1 atom stereocenters. The molecule has 1 aliphatic heterocycles. The number of hydrogen-bond donors (Lipinski definition) is 1. The fraction of sp³-hybridized carbons (Fsp3) is 0.588. The molecule has 7 nitrogen and oxygen atoms in total. The van der Waals surface area contributed by atoms with Crippen molar-refractivity contribution in [1.82, 2.24) is 14.5 Å². The molecule has 0 aliphatic carbocycles. The van der Waals surface area contributed by atoms with Crippen molar-refractivity contribution < 1.29 is 9.47 Å². The van der Waals surface area contributed by atoms with Gasteiger partial charge in [0.05, 0.1) is 23.6 Å². The molecular weight excluding hydrogens is 370 g/mol. The van der Waals surface area contributed by atoms with Gasteiger partial charge in [-0.05, 0) is 24.1 Å². The van der Waals surface area contributed by atoms with Crippen LogP contribution in [0.3, 0.4) is 0 Å². The maximum Gasteiger partial charge on any atom is 0.226 e. The lowest BCUT2D eigenvalue weighted by Crippen LogP contribution is -2.22. The molecule has 0 unspecified atom stereocenters. The fourth-order valence-electron chi connectivity index (χ4n) is 2.83. The third-order valence-corrected chi connectivity index (χ3v) is 6.18. The van der Waals surface area contributed by atoms with Crippen molar-refractivity contribution in [3.8, 4) is 6.07 Å². The van der Waals surface area contributed by atoms with E-state index in [4.69, 9.17) is 21.1 Å². The molecule has 0 amide bonds. The predicted molar refractivity (Wildman–Crippen MR) is 104 cm³/mol. The molecule has 26 heavy (non-hydrogen) atoms. The van der Waals surface area contributed by atoms with Gasteiger partial charge in [0, 0.05) is 27.5 Å². The van der Waals surface area contributed by atoms with Crippen LogP contribution in [0.1, 0.15) is 12.0 Å². The Balaban J connectivity index is 1.85. The fourth-order valence-corrected chi connectivity index (χ4v) is 3.75. The normalized spacial score (nSPS) is 17.6. The van der Waals surface area contributed by atoms with Crippen LogP contribution in [0, 0.1) is 11.3 Å². The Morgan fingerprint density at radius 1 is 1.46 bits per heavy atom. The zero-order chi connectivity index (χ0) is 18.7. The molecule has 0 aromatic carbocycles. The average molecular weight is 394 g/mol. The standard InChI is InChI=1S/C17H24ClN5O2Si/c1-26(2,3)7-6-25-11-23-9-12(8-19)14-15(20-13-4-5-24-10-13)21-17(18)22-16(14)23/h9,13H,4-7,10-11H2,1-3H3,(H,20,21,22)/t13-/m0/s1. The van der Waals surface area contributed by atoms with Gasteiger partial charge >= 0.3 is 0 Å². The SMILES string of the molecule is C[Si](C)(C)CCOCn1cc(C#N)c2c(N[C@H]3CCOC3)nc(Cl)nc21. The van der Waals surface area contributed by atoms with Crippen LogP contribution in [-0.4, -0.2) is 48.5 Å². The van der Waals surface area contributed by atoms with Crippen LogP contribution < -0.4 is 5.32 Å². The second-order valence-corrected chi connectivity index (χ2v) is 13.7. The molecule has 3 heterocycles. The third-order valence-electron chi connectivity index (χ3n) is 4.31. The van der Waals surface area contributed by atoms with Crippen molar-refractivity contribution in [3.63, 3.8) is 0 Å². The van der Waals surface area contributed by atoms with Gasteiger partial charge in [0.2, 0.25) is 5.28 Å². The van der Waals surface area contributed by atoms with E-state index in [-0.39, 0.29) is 11.3 Å². The van der Waals surface area contributed by atoms with E-state index in [2.05, 4.69) is 41.0 Å². The van der Waals surface area contributed by atoms with Crippen molar-refractivity contribution in [3.05, 3.63) is 17.0 Å². The Bertz CT molecular complexity index is 821. The molecule has 1 aliphatic rings. The topological polar surface area (TPSA) is 85.0 Å². The number of nitrogens with zero attached hydrogens (tertiary/aromatic N) is 4. The van der Waals surface area contributed by atoms with E-state index >= 15 is 0 Å². The molecule has 0 bridgehead atoms. The van der Waals surface area contributed by atoms with Gasteiger partial charge in [0.25, 0.3) is 0 Å². The summed E-state index contributed by atoms with van der Waals surface area (Å²) in [6.45, 7) is 9.30. The van der Waals surface area contributed by atoms with Gasteiger partial charge in [-0.1, -0.05) is 19.6 Å². The summed E-state index contributed by atoms with van der Waals surface area (Å²) in [5.41, 5.74) is 1.11. The number of aromatic nitrogens is 3. The summed E-state index contributed by atoms with van der Waals surface area (Å²) in [6.07, 6.45) is 2.64. The first-order valence-corrected chi connectivity index (χ1v) is 12.8. The van der Waals surface area contributed by atoms with Gasteiger partial charge in [-0.3, -0.25) is 0 Å². The second kappa shape index (κ2) is 7.92. The van der Waals surface area contributed by atoms with Crippen molar-refractivity contribution in [2.24, 2.45) is 0 Å². The summed E-state index contributed by atoms with van der Waals surface area (Å²) in [4.78, 5) is 8.63. The van der Waals surface area contributed by atoms with Crippen molar-refractivity contribution in [2.45, 2.75) is 44.9 Å². The van der Waals surface area contributed by atoms with Crippen LogP contribution in [0.25, 0.3) is 11.0 Å². The van der Waals surface area contributed by atoms with E-state index in [1.54, 1.807) is 6.20 Å². The molecule has 0 spiro atoms. The highest BCUT2D eigenvalue weighted by molar-refractivity contribution is 6.76. The number of nitriles is 1. The van der Waals surface area contributed by atoms with E-state index in [0.717, 1.165) is 19.1 Å². The summed E-state index contributed by atoms with van der Waals surface area (Å²) in [5.74, 6) is 0.577. The molecule has 2 aromatic rings. The summed E-state index contributed by atoms with van der Waals surface area (Å²) in [6, 6.07) is 3.47. The van der Waals surface area contributed by atoms with Gasteiger partial charge in [-0.15, -0.1) is 0 Å². The van der Waals surface area contributed by atoms with Crippen LogP contribution in [0.4, 0.5) is 5.82 Å². The number of fused-ring (bicyclic) bond motifs is 1. The first-order chi connectivity index (χ1) is 12.4. The second-order valence-electron chi connectivity index (χ2n) is 7.72. The Kier molecular flexibility index (Phi) is 5.82. The van der Waals surface area contributed by atoms with Gasteiger partial charge in [0.15, 0.2) is 0 Å². The van der Waals surface area contributed by atoms with Gasteiger partial charge in [-0.2, -0.15) is 15.2 Å². The third kappa shape index (κ3) is 4.54. The van der Waals surface area contributed by atoms with Crippen LogP contribution >= 0.6 is 11.6 Å². The predicted octanol–water partition coefficient (Wildman–Crippen LogP) is 3.47. The molecule has 0 radical (unpaired) electrons. The lowest BCUT2D eigenvalue weighted by Gasteiger charge is -2.16. The monoisotopic (exact) mass is 393 g/mol. The Hall–Kier alpha value is -1.66. The number of ether oxygens (including phenoxy) is 2. The highest BCUT2D eigenvalue weighted by Crippen LogP contribution is 2.29. The Labute approximate surface area is 159 Å². The minimum Gasteiger partial charge on any atom is -0.379 e. The molecule has 0 saturated carbocycles. The van der Waals surface area contributed by atoms with Crippen molar-refractivity contribution in [2.75, 3.05) is 25.1 Å². The summed E-state index contributed by atoms with van der Waals surface area (Å²) >= 11 is 6.13. The lowest BCUT2D eigenvalue weighted by atomic mass is 10.2. The molecule has 140 valence electrons. The Morgan fingerprint density at radius 3 is 2.92 bits per heavy atom. The zero-order valence-corrected chi connectivity index (χ0v) is 17.1. The summed E-state index contributed by atoms with van der Waals surface area (Å²) in [5, 5.41) is 13.7. The first-order valence-electron chi connectivity index (χ1n) is 8.76. The molecule has 1 saturated heterocycles. The van der Waals surface area contributed by atoms with Gasteiger partial charge in [0.1, 0.15) is 24.3 Å². The van der Waals surface area contributed by atoms with E-state index in [9.17, 15) is 5.26 Å². The minimum atomic E-state index is -1.14.